The van der Waals surface area contributed by atoms with Gasteiger partial charge < -0.3 is 0 Å². The highest BCUT2D eigenvalue weighted by Crippen LogP contribution is 2.24. The molecule has 0 radical (unpaired) electrons. The largest absolute Gasteiger partial charge is 0.260 e. The van der Waals surface area contributed by atoms with Gasteiger partial charge in [0.25, 0.3) is 0 Å². The first kappa shape index (κ1) is 9.32. The van der Waals surface area contributed by atoms with E-state index in [1.165, 1.54) is 10.6 Å². The second kappa shape index (κ2) is 4.30. The highest BCUT2D eigenvalue weighted by atomic mass is 127. The van der Waals surface area contributed by atoms with E-state index in [0.717, 1.165) is 0 Å². The van der Waals surface area contributed by atoms with Gasteiger partial charge in [-0.05, 0) is 18.1 Å². The molecule has 1 aromatic rings. The van der Waals surface area contributed by atoms with Crippen molar-refractivity contribution in [3.05, 3.63) is 24.0 Å². The fourth-order valence-corrected chi connectivity index (χ4v) is 1.77. The van der Waals surface area contributed by atoms with Crippen LogP contribution in [0.2, 0.25) is 0 Å². The van der Waals surface area contributed by atoms with Gasteiger partial charge in [0.15, 0.2) is 0 Å². The maximum Gasteiger partial charge on any atom is 0.0429 e. The van der Waals surface area contributed by atoms with E-state index < -0.39 is 0 Å². The molecule has 60 valence electrons. The van der Waals surface area contributed by atoms with E-state index >= 15 is 0 Å². The minimum absolute atomic E-state index is 0.531. The molecule has 0 aliphatic carbocycles. The van der Waals surface area contributed by atoms with E-state index in [0.29, 0.717) is 5.92 Å². The van der Waals surface area contributed by atoms with Crippen LogP contribution in [0.4, 0.5) is 0 Å². The predicted molar refractivity (Wildman–Crippen MR) is 58.2 cm³/mol. The second-order valence-corrected chi connectivity index (χ2v) is 4.60. The minimum atomic E-state index is 0.531. The molecule has 0 aromatic carbocycles. The van der Waals surface area contributed by atoms with Crippen LogP contribution in [-0.4, -0.2) is 4.98 Å². The molecule has 0 spiro atoms. The lowest BCUT2D eigenvalue weighted by molar-refractivity contribution is 0.818. The molecular formula is C8H10INS. The summed E-state index contributed by atoms with van der Waals surface area (Å²) in [6.45, 7) is 4.30. The summed E-state index contributed by atoms with van der Waals surface area (Å²) in [6, 6.07) is 4.20. The third-order valence-corrected chi connectivity index (χ3v) is 3.39. The number of rotatable bonds is 2. The Kier molecular flexibility index (Phi) is 3.65. The predicted octanol–water partition coefficient (Wildman–Crippen LogP) is 3.65. The van der Waals surface area contributed by atoms with Gasteiger partial charge in [-0.1, -0.05) is 22.8 Å². The number of aromatic nitrogens is 1. The van der Waals surface area contributed by atoms with Crippen molar-refractivity contribution >= 4 is 30.1 Å². The van der Waals surface area contributed by atoms with E-state index in [-0.39, 0.29) is 0 Å². The van der Waals surface area contributed by atoms with Gasteiger partial charge in [-0.25, -0.2) is 0 Å². The van der Waals surface area contributed by atoms with Crippen molar-refractivity contribution in [2.45, 2.75) is 24.7 Å². The average Bonchev–Trinajstić information content (AvgIpc) is 2.05. The maximum absolute atomic E-state index is 4.32. The zero-order valence-electron chi connectivity index (χ0n) is 6.54. The van der Waals surface area contributed by atoms with Gasteiger partial charge in [0, 0.05) is 38.0 Å². The molecule has 0 saturated heterocycles. The summed E-state index contributed by atoms with van der Waals surface area (Å²) in [5.74, 6) is 0.531. The Labute approximate surface area is 83.6 Å². The first-order valence-corrected chi connectivity index (χ1v) is 6.84. The van der Waals surface area contributed by atoms with E-state index in [1.807, 2.05) is 6.20 Å². The van der Waals surface area contributed by atoms with Crippen LogP contribution in [-0.2, 0) is 0 Å². The fraction of sp³-hybridized carbons (Fsp3) is 0.375. The summed E-state index contributed by atoms with van der Waals surface area (Å²) >= 11 is 2.26. The van der Waals surface area contributed by atoms with Gasteiger partial charge in [0.2, 0.25) is 0 Å². The monoisotopic (exact) mass is 279 g/mol. The molecular weight excluding hydrogens is 269 g/mol. The van der Waals surface area contributed by atoms with Crippen molar-refractivity contribution in [2.24, 2.45) is 0 Å². The minimum Gasteiger partial charge on any atom is -0.260 e. The summed E-state index contributed by atoms with van der Waals surface area (Å²) in [5, 5.41) is 0. The van der Waals surface area contributed by atoms with Crippen LogP contribution in [0, 0.1) is 0 Å². The summed E-state index contributed by atoms with van der Waals surface area (Å²) < 4.78 is 0. The Bertz CT molecular complexity index is 220. The summed E-state index contributed by atoms with van der Waals surface area (Å²) in [5.41, 5.74) is 1.17. The number of halogens is 1. The van der Waals surface area contributed by atoms with Crippen LogP contribution in [0.15, 0.2) is 23.2 Å². The third-order valence-electron chi connectivity index (χ3n) is 1.44. The van der Waals surface area contributed by atoms with Gasteiger partial charge in [0.1, 0.15) is 0 Å². The number of nitrogens with zero attached hydrogens (tertiary/aromatic N) is 1. The Balaban J connectivity index is 2.83. The highest BCUT2D eigenvalue weighted by molar-refractivity contribution is 14.2. The molecule has 1 rings (SSSR count). The molecule has 0 amide bonds. The Morgan fingerprint density at radius 3 is 2.55 bits per heavy atom. The smallest absolute Gasteiger partial charge is 0.0429 e. The summed E-state index contributed by atoms with van der Waals surface area (Å²) in [6.07, 6.45) is 1.92. The van der Waals surface area contributed by atoms with Crippen LogP contribution < -0.4 is 0 Å². The lowest BCUT2D eigenvalue weighted by atomic mass is 10.1. The quantitative estimate of drug-likeness (QED) is 0.766. The van der Waals surface area contributed by atoms with E-state index in [9.17, 15) is 0 Å². The molecule has 1 aromatic heterocycles. The molecule has 0 saturated carbocycles. The van der Waals surface area contributed by atoms with E-state index in [2.05, 4.69) is 52.2 Å². The maximum atomic E-state index is 4.32. The van der Waals surface area contributed by atoms with Crippen molar-refractivity contribution < 1.29 is 0 Å². The molecule has 0 aliphatic heterocycles. The van der Waals surface area contributed by atoms with E-state index in [4.69, 9.17) is 0 Å². The summed E-state index contributed by atoms with van der Waals surface area (Å²) in [4.78, 5) is 5.54. The van der Waals surface area contributed by atoms with Gasteiger partial charge in [-0.3, -0.25) is 4.98 Å². The molecule has 1 heterocycles. The Morgan fingerprint density at radius 1 is 1.45 bits per heavy atom. The van der Waals surface area contributed by atoms with Crippen molar-refractivity contribution in [1.29, 1.82) is 0 Å². The average molecular weight is 279 g/mol. The normalized spacial score (nSPS) is 10.5. The Morgan fingerprint density at radius 2 is 2.18 bits per heavy atom. The SMILES string of the molecule is CC(C)c1ccc(SI)cn1. The molecule has 0 aliphatic rings. The molecule has 0 bridgehead atoms. The number of pyridine rings is 1. The number of hydrogen-bond donors (Lipinski definition) is 0. The standard InChI is InChI=1S/C8H10INS/c1-6(2)8-4-3-7(11-9)5-10-8/h3-6H,1-2H3. The van der Waals surface area contributed by atoms with Crippen LogP contribution in [0.5, 0.6) is 0 Å². The molecule has 1 nitrogen and oxygen atoms in total. The first-order chi connectivity index (χ1) is 5.24. The van der Waals surface area contributed by atoms with Crippen molar-refractivity contribution in [3.8, 4) is 0 Å². The van der Waals surface area contributed by atoms with Crippen molar-refractivity contribution in [2.75, 3.05) is 0 Å². The second-order valence-electron chi connectivity index (χ2n) is 2.65. The molecule has 3 heteroatoms. The molecule has 0 fully saturated rings. The summed E-state index contributed by atoms with van der Waals surface area (Å²) in [7, 11) is 1.70. The molecule has 11 heavy (non-hydrogen) atoms. The molecule has 0 unspecified atom stereocenters. The lowest BCUT2D eigenvalue weighted by Gasteiger charge is -2.02. The van der Waals surface area contributed by atoms with Gasteiger partial charge in [-0.15, -0.1) is 0 Å². The van der Waals surface area contributed by atoms with Crippen LogP contribution in [0.25, 0.3) is 0 Å². The van der Waals surface area contributed by atoms with E-state index in [1.54, 1.807) is 8.93 Å². The lowest BCUT2D eigenvalue weighted by Crippen LogP contribution is -1.90. The molecule has 0 atom stereocenters. The number of hydrogen-bond acceptors (Lipinski definition) is 2. The topological polar surface area (TPSA) is 12.9 Å². The zero-order valence-corrected chi connectivity index (χ0v) is 9.52. The Hall–Kier alpha value is 0.230. The van der Waals surface area contributed by atoms with Gasteiger partial charge in [0.05, 0.1) is 0 Å². The zero-order chi connectivity index (χ0) is 8.27. The van der Waals surface area contributed by atoms with Crippen molar-refractivity contribution in [3.63, 3.8) is 0 Å². The van der Waals surface area contributed by atoms with Gasteiger partial charge >= 0.3 is 0 Å². The van der Waals surface area contributed by atoms with Crippen molar-refractivity contribution in [1.82, 2.24) is 4.98 Å². The van der Waals surface area contributed by atoms with Crippen LogP contribution in [0.1, 0.15) is 25.5 Å². The van der Waals surface area contributed by atoms with Gasteiger partial charge in [-0.2, -0.15) is 0 Å². The van der Waals surface area contributed by atoms with Crippen LogP contribution in [0.3, 0.4) is 0 Å². The molecule has 0 N–H and O–H groups in total. The first-order valence-electron chi connectivity index (χ1n) is 3.48. The van der Waals surface area contributed by atoms with Crippen LogP contribution >= 0.6 is 30.1 Å². The highest BCUT2D eigenvalue weighted by Gasteiger charge is 1.99. The fourth-order valence-electron chi connectivity index (χ4n) is 0.779. The third kappa shape index (κ3) is 2.63.